The molecule has 0 aromatic heterocycles. The zero-order valence-corrected chi connectivity index (χ0v) is 15.2. The average Bonchev–Trinajstić information content (AvgIpc) is 2.52. The maximum absolute atomic E-state index is 12.4. The molecule has 0 spiro atoms. The van der Waals surface area contributed by atoms with E-state index in [9.17, 15) is 13.2 Å². The standard InChI is InChI=1S/C15H21NO6S.ClH/c1-3-22-10-4-9-16-23(19,20)14-11-12(6-8-15(17)18)5-7-13(14)21-2;/h5-8,11,16H,3-4,9-10H2,1-2H3,(H,17,18);1H. The van der Waals surface area contributed by atoms with Gasteiger partial charge in [-0.1, -0.05) is 6.07 Å². The summed E-state index contributed by atoms with van der Waals surface area (Å²) in [5, 5.41) is 8.64. The van der Waals surface area contributed by atoms with Gasteiger partial charge in [0.25, 0.3) is 0 Å². The van der Waals surface area contributed by atoms with Crippen LogP contribution in [0.25, 0.3) is 6.08 Å². The molecule has 0 bridgehead atoms. The first-order valence-corrected chi connectivity index (χ1v) is 8.55. The van der Waals surface area contributed by atoms with Crippen LogP contribution in [-0.4, -0.2) is 46.4 Å². The number of hydrogen-bond acceptors (Lipinski definition) is 5. The van der Waals surface area contributed by atoms with Gasteiger partial charge < -0.3 is 14.6 Å². The quantitative estimate of drug-likeness (QED) is 0.475. The van der Waals surface area contributed by atoms with E-state index in [2.05, 4.69) is 4.72 Å². The van der Waals surface area contributed by atoms with E-state index in [0.29, 0.717) is 25.2 Å². The van der Waals surface area contributed by atoms with Crippen LogP contribution in [-0.2, 0) is 19.6 Å². The van der Waals surface area contributed by atoms with Gasteiger partial charge in [0.2, 0.25) is 10.0 Å². The Kier molecular flexibility index (Phi) is 10.3. The monoisotopic (exact) mass is 379 g/mol. The number of carbonyl (C=O) groups is 1. The van der Waals surface area contributed by atoms with Crippen molar-refractivity contribution in [2.75, 3.05) is 26.9 Å². The Morgan fingerprint density at radius 1 is 1.38 bits per heavy atom. The van der Waals surface area contributed by atoms with Crippen LogP contribution >= 0.6 is 12.4 Å². The van der Waals surface area contributed by atoms with Gasteiger partial charge in [0.1, 0.15) is 10.6 Å². The largest absolute Gasteiger partial charge is 0.495 e. The van der Waals surface area contributed by atoms with Gasteiger partial charge >= 0.3 is 5.97 Å². The highest BCUT2D eigenvalue weighted by Crippen LogP contribution is 2.25. The zero-order chi connectivity index (χ0) is 17.3. The lowest BCUT2D eigenvalue weighted by Crippen LogP contribution is -2.26. The Morgan fingerprint density at radius 3 is 2.67 bits per heavy atom. The molecule has 0 aliphatic rings. The number of methoxy groups -OCH3 is 1. The van der Waals surface area contributed by atoms with E-state index in [1.54, 1.807) is 6.07 Å². The smallest absolute Gasteiger partial charge is 0.328 e. The van der Waals surface area contributed by atoms with Crippen molar-refractivity contribution in [2.45, 2.75) is 18.2 Å². The molecular weight excluding hydrogens is 358 g/mol. The van der Waals surface area contributed by atoms with Crippen molar-refractivity contribution in [3.63, 3.8) is 0 Å². The highest BCUT2D eigenvalue weighted by atomic mass is 35.5. The summed E-state index contributed by atoms with van der Waals surface area (Å²) >= 11 is 0. The minimum absolute atomic E-state index is 0. The fourth-order valence-electron chi connectivity index (χ4n) is 1.78. The van der Waals surface area contributed by atoms with Crippen molar-refractivity contribution in [3.05, 3.63) is 29.8 Å². The van der Waals surface area contributed by atoms with Crippen LogP contribution in [0.2, 0.25) is 0 Å². The number of rotatable bonds is 10. The number of sulfonamides is 1. The van der Waals surface area contributed by atoms with Crippen LogP contribution in [0.5, 0.6) is 5.75 Å². The van der Waals surface area contributed by atoms with Gasteiger partial charge in [0.15, 0.2) is 0 Å². The molecule has 1 aromatic rings. The summed E-state index contributed by atoms with van der Waals surface area (Å²) < 4.78 is 37.4. The minimum Gasteiger partial charge on any atom is -0.495 e. The van der Waals surface area contributed by atoms with Gasteiger partial charge in [-0.15, -0.1) is 12.4 Å². The fraction of sp³-hybridized carbons (Fsp3) is 0.400. The lowest BCUT2D eigenvalue weighted by molar-refractivity contribution is -0.131. The van der Waals surface area contributed by atoms with Crippen molar-refractivity contribution in [3.8, 4) is 5.75 Å². The van der Waals surface area contributed by atoms with Gasteiger partial charge in [-0.3, -0.25) is 0 Å². The van der Waals surface area contributed by atoms with Crippen molar-refractivity contribution in [1.82, 2.24) is 4.72 Å². The van der Waals surface area contributed by atoms with Crippen LogP contribution < -0.4 is 9.46 Å². The normalized spacial score (nSPS) is 11.2. The molecule has 0 saturated carbocycles. The predicted octanol–water partition coefficient (Wildman–Crippen LogP) is 1.92. The Labute approximate surface area is 148 Å². The van der Waals surface area contributed by atoms with Crippen molar-refractivity contribution in [2.24, 2.45) is 0 Å². The summed E-state index contributed by atoms with van der Waals surface area (Å²) in [5.41, 5.74) is 0.447. The Morgan fingerprint density at radius 2 is 2.08 bits per heavy atom. The lowest BCUT2D eigenvalue weighted by Gasteiger charge is -2.11. The third kappa shape index (κ3) is 7.31. The number of carboxylic acid groups (broad SMARTS) is 1. The molecule has 0 aliphatic carbocycles. The SMILES string of the molecule is CCOCCCNS(=O)(=O)c1cc(C=CC(=O)O)ccc1OC.Cl. The predicted molar refractivity (Wildman–Crippen MR) is 93.2 cm³/mol. The molecule has 0 amide bonds. The van der Waals surface area contributed by atoms with Crippen LogP contribution in [0.15, 0.2) is 29.2 Å². The minimum atomic E-state index is -3.76. The molecule has 2 N–H and O–H groups in total. The Balaban J connectivity index is 0.00000529. The molecule has 1 rings (SSSR count). The molecule has 0 aliphatic heterocycles. The summed E-state index contributed by atoms with van der Waals surface area (Å²) in [6.07, 6.45) is 2.80. The van der Waals surface area contributed by atoms with E-state index in [0.717, 1.165) is 6.08 Å². The molecular formula is C15H22ClNO6S. The number of benzene rings is 1. The molecule has 1 aromatic carbocycles. The van der Waals surface area contributed by atoms with Gasteiger partial charge in [-0.25, -0.2) is 17.9 Å². The topological polar surface area (TPSA) is 102 Å². The Hall–Kier alpha value is -1.61. The highest BCUT2D eigenvalue weighted by molar-refractivity contribution is 7.89. The summed E-state index contributed by atoms with van der Waals surface area (Å²) in [7, 11) is -2.39. The number of hydrogen-bond donors (Lipinski definition) is 2. The third-order valence-electron chi connectivity index (χ3n) is 2.86. The summed E-state index contributed by atoms with van der Waals surface area (Å²) in [6, 6.07) is 4.42. The molecule has 0 fully saturated rings. The third-order valence-corrected chi connectivity index (χ3v) is 4.34. The van der Waals surface area contributed by atoms with Gasteiger partial charge in [-0.2, -0.15) is 0 Å². The molecule has 0 radical (unpaired) electrons. The van der Waals surface area contributed by atoms with Crippen LogP contribution in [0.4, 0.5) is 0 Å². The Bertz CT molecular complexity index is 660. The number of carboxylic acids is 1. The van der Waals surface area contributed by atoms with Crippen molar-refractivity contribution < 1.29 is 27.8 Å². The number of halogens is 1. The first-order valence-electron chi connectivity index (χ1n) is 7.07. The van der Waals surface area contributed by atoms with Gasteiger partial charge in [0, 0.05) is 25.8 Å². The molecule has 24 heavy (non-hydrogen) atoms. The molecule has 9 heteroatoms. The first kappa shape index (κ1) is 22.4. The van der Waals surface area contributed by atoms with E-state index >= 15 is 0 Å². The van der Waals surface area contributed by atoms with E-state index in [1.165, 1.54) is 25.3 Å². The first-order chi connectivity index (χ1) is 10.9. The van der Waals surface area contributed by atoms with E-state index in [-0.39, 0.29) is 29.6 Å². The second-order valence-electron chi connectivity index (χ2n) is 4.53. The highest BCUT2D eigenvalue weighted by Gasteiger charge is 2.19. The molecule has 0 saturated heterocycles. The summed E-state index contributed by atoms with van der Waals surface area (Å²) in [5.74, 6) is -0.922. The van der Waals surface area contributed by atoms with E-state index in [1.807, 2.05) is 6.92 Å². The second kappa shape index (κ2) is 11.0. The van der Waals surface area contributed by atoms with Gasteiger partial charge in [0.05, 0.1) is 7.11 Å². The van der Waals surface area contributed by atoms with E-state index < -0.39 is 16.0 Å². The van der Waals surface area contributed by atoms with Crippen LogP contribution in [0, 0.1) is 0 Å². The molecule has 0 atom stereocenters. The number of aliphatic carboxylic acids is 1. The van der Waals surface area contributed by atoms with Crippen LogP contribution in [0.1, 0.15) is 18.9 Å². The fourth-order valence-corrected chi connectivity index (χ4v) is 3.05. The van der Waals surface area contributed by atoms with Crippen molar-refractivity contribution in [1.29, 1.82) is 0 Å². The summed E-state index contributed by atoms with van der Waals surface area (Å²) in [6.45, 7) is 3.15. The number of ether oxygens (including phenoxy) is 2. The maximum atomic E-state index is 12.4. The molecule has 7 nitrogen and oxygen atoms in total. The second-order valence-corrected chi connectivity index (χ2v) is 6.27. The average molecular weight is 380 g/mol. The molecule has 0 heterocycles. The zero-order valence-electron chi connectivity index (χ0n) is 13.5. The maximum Gasteiger partial charge on any atom is 0.328 e. The summed E-state index contributed by atoms with van der Waals surface area (Å²) in [4.78, 5) is 10.5. The number of nitrogens with one attached hydrogen (secondary N) is 1. The molecule has 0 unspecified atom stereocenters. The van der Waals surface area contributed by atoms with Crippen LogP contribution in [0.3, 0.4) is 0 Å². The van der Waals surface area contributed by atoms with E-state index in [4.69, 9.17) is 14.6 Å². The lowest BCUT2D eigenvalue weighted by atomic mass is 10.2. The van der Waals surface area contributed by atoms with Gasteiger partial charge in [-0.05, 0) is 37.1 Å². The van der Waals surface area contributed by atoms with Crippen molar-refractivity contribution >= 4 is 34.5 Å². The molecule has 136 valence electrons.